The molecule has 31 heavy (non-hydrogen) atoms. The predicted octanol–water partition coefficient (Wildman–Crippen LogP) is 6.38. The molecule has 5 nitrogen and oxygen atoms in total. The van der Waals surface area contributed by atoms with E-state index in [4.69, 9.17) is 27.6 Å². The van der Waals surface area contributed by atoms with Crippen molar-refractivity contribution in [3.63, 3.8) is 0 Å². The molecule has 4 aromatic rings. The molecule has 0 aliphatic heterocycles. The van der Waals surface area contributed by atoms with Gasteiger partial charge in [-0.25, -0.2) is 4.79 Å². The predicted molar refractivity (Wildman–Crippen MR) is 121 cm³/mol. The van der Waals surface area contributed by atoms with Crippen molar-refractivity contribution in [3.8, 4) is 11.1 Å². The van der Waals surface area contributed by atoms with Crippen LogP contribution in [0.15, 0.2) is 71.1 Å². The van der Waals surface area contributed by atoms with Crippen molar-refractivity contribution in [1.82, 2.24) is 4.90 Å². The molecule has 1 aromatic heterocycles. The van der Waals surface area contributed by atoms with Crippen LogP contribution in [0.25, 0.3) is 22.1 Å². The Labute approximate surface area is 188 Å². The summed E-state index contributed by atoms with van der Waals surface area (Å²) in [6.07, 6.45) is 0. The number of benzene rings is 3. The molecule has 0 radical (unpaired) electrons. The van der Waals surface area contributed by atoms with E-state index in [0.717, 1.165) is 22.1 Å². The number of aromatic carboxylic acids is 1. The average Bonchev–Trinajstić information content (AvgIpc) is 3.16. The number of amides is 1. The summed E-state index contributed by atoms with van der Waals surface area (Å²) in [5.74, 6) is -1.12. The van der Waals surface area contributed by atoms with Crippen LogP contribution in [-0.2, 0) is 6.54 Å². The number of nitrogens with zero attached hydrogens (tertiary/aromatic N) is 1. The molecule has 0 bridgehead atoms. The van der Waals surface area contributed by atoms with Gasteiger partial charge in [0.15, 0.2) is 5.76 Å². The Morgan fingerprint density at radius 3 is 2.52 bits per heavy atom. The van der Waals surface area contributed by atoms with E-state index in [0.29, 0.717) is 17.2 Å². The van der Waals surface area contributed by atoms with Gasteiger partial charge in [0.05, 0.1) is 10.6 Å². The number of hydrogen-bond acceptors (Lipinski definition) is 3. The van der Waals surface area contributed by atoms with Gasteiger partial charge in [0, 0.05) is 30.1 Å². The summed E-state index contributed by atoms with van der Waals surface area (Å²) < 4.78 is 5.69. The number of halogens is 2. The molecular weight excluding hydrogens is 437 g/mol. The number of carbonyl (C=O) groups excluding carboxylic acids is 1. The van der Waals surface area contributed by atoms with E-state index in [1.807, 2.05) is 24.3 Å². The molecule has 0 aliphatic carbocycles. The molecule has 0 atom stereocenters. The molecule has 0 unspecified atom stereocenters. The van der Waals surface area contributed by atoms with Gasteiger partial charge in [0.2, 0.25) is 0 Å². The maximum Gasteiger partial charge on any atom is 0.337 e. The van der Waals surface area contributed by atoms with Crippen LogP contribution in [0.5, 0.6) is 0 Å². The highest BCUT2D eigenvalue weighted by atomic mass is 35.5. The lowest BCUT2D eigenvalue weighted by atomic mass is 9.98. The van der Waals surface area contributed by atoms with Crippen LogP contribution < -0.4 is 0 Å². The van der Waals surface area contributed by atoms with Gasteiger partial charge in [-0.3, -0.25) is 4.79 Å². The first-order valence-corrected chi connectivity index (χ1v) is 10.1. The van der Waals surface area contributed by atoms with Gasteiger partial charge < -0.3 is 14.4 Å². The number of carboxylic acid groups (broad SMARTS) is 1. The minimum atomic E-state index is -1.08. The van der Waals surface area contributed by atoms with Gasteiger partial charge in [-0.2, -0.15) is 0 Å². The number of carboxylic acids is 1. The molecule has 0 aliphatic rings. The lowest BCUT2D eigenvalue weighted by Gasteiger charge is -2.18. The minimum absolute atomic E-state index is 0.0418. The van der Waals surface area contributed by atoms with Gasteiger partial charge >= 0.3 is 5.97 Å². The fraction of sp³-hybridized carbons (Fsp3) is 0.0833. The zero-order valence-corrected chi connectivity index (χ0v) is 17.9. The Balaban J connectivity index is 1.61. The molecule has 0 saturated carbocycles. The third-order valence-corrected chi connectivity index (χ3v) is 5.52. The van der Waals surface area contributed by atoms with Crippen LogP contribution >= 0.6 is 23.2 Å². The van der Waals surface area contributed by atoms with Crippen LogP contribution in [0.2, 0.25) is 10.0 Å². The summed E-state index contributed by atoms with van der Waals surface area (Å²) in [7, 11) is 1.69. The second-order valence-electron chi connectivity index (χ2n) is 7.11. The topological polar surface area (TPSA) is 70.8 Å². The second kappa shape index (κ2) is 8.46. The molecule has 0 fully saturated rings. The second-order valence-corrected chi connectivity index (χ2v) is 7.95. The highest BCUT2D eigenvalue weighted by molar-refractivity contribution is 6.33. The molecule has 1 amide bonds. The first-order chi connectivity index (χ1) is 14.8. The fourth-order valence-electron chi connectivity index (χ4n) is 3.42. The fourth-order valence-corrected chi connectivity index (χ4v) is 3.85. The number of rotatable bonds is 5. The van der Waals surface area contributed by atoms with E-state index in [2.05, 4.69) is 0 Å². The minimum Gasteiger partial charge on any atom is -0.478 e. The molecule has 0 saturated heterocycles. The van der Waals surface area contributed by atoms with Crippen LogP contribution in [0.3, 0.4) is 0 Å². The van der Waals surface area contributed by atoms with Crippen LogP contribution in [0.4, 0.5) is 0 Å². The maximum atomic E-state index is 12.9. The van der Waals surface area contributed by atoms with E-state index < -0.39 is 5.97 Å². The Bertz CT molecular complexity index is 1310. The molecule has 1 heterocycles. The molecule has 3 aromatic carbocycles. The number of furan rings is 1. The van der Waals surface area contributed by atoms with E-state index in [1.54, 1.807) is 48.3 Å². The lowest BCUT2D eigenvalue weighted by molar-refractivity contribution is 0.0696. The smallest absolute Gasteiger partial charge is 0.337 e. The first kappa shape index (κ1) is 21.0. The largest absolute Gasteiger partial charge is 0.478 e. The van der Waals surface area contributed by atoms with Crippen LogP contribution in [-0.4, -0.2) is 28.9 Å². The first-order valence-electron chi connectivity index (χ1n) is 9.39. The van der Waals surface area contributed by atoms with Crippen molar-refractivity contribution < 1.29 is 19.1 Å². The number of hydrogen-bond donors (Lipinski definition) is 1. The van der Waals surface area contributed by atoms with Crippen molar-refractivity contribution >= 4 is 46.0 Å². The van der Waals surface area contributed by atoms with E-state index in [-0.39, 0.29) is 22.3 Å². The Kier molecular flexibility index (Phi) is 5.72. The third-order valence-electron chi connectivity index (χ3n) is 4.97. The van der Waals surface area contributed by atoms with Gasteiger partial charge in [-0.1, -0.05) is 53.5 Å². The third kappa shape index (κ3) is 4.29. The van der Waals surface area contributed by atoms with Gasteiger partial charge in [-0.15, -0.1) is 0 Å². The normalized spacial score (nSPS) is 10.9. The number of carbonyl (C=O) groups is 2. The van der Waals surface area contributed by atoms with Gasteiger partial charge in [0.25, 0.3) is 5.91 Å². The molecule has 4 rings (SSSR count). The summed E-state index contributed by atoms with van der Waals surface area (Å²) in [5, 5.41) is 10.7. The van der Waals surface area contributed by atoms with Crippen molar-refractivity contribution in [2.75, 3.05) is 7.05 Å². The standard InChI is InChI=1S/C24H17Cl2NO4/c1-27(23(28)22-11-15-6-8-17(25)12-21(15)31-22)13-16-4-2-3-5-18(16)14-7-9-19(24(29)30)20(26)10-14/h2-12H,13H2,1H3,(H,29,30). The molecule has 156 valence electrons. The van der Waals surface area contributed by atoms with E-state index in [9.17, 15) is 14.7 Å². The highest BCUT2D eigenvalue weighted by Crippen LogP contribution is 2.30. The molecular formula is C24H17Cl2NO4. The Hall–Kier alpha value is -3.28. The van der Waals surface area contributed by atoms with E-state index >= 15 is 0 Å². The summed E-state index contributed by atoms with van der Waals surface area (Å²) >= 11 is 12.1. The SMILES string of the molecule is CN(Cc1ccccc1-c1ccc(C(=O)O)c(Cl)c1)C(=O)c1cc2ccc(Cl)cc2o1. The van der Waals surface area contributed by atoms with Crippen molar-refractivity contribution in [1.29, 1.82) is 0 Å². The zero-order valence-electron chi connectivity index (χ0n) is 16.4. The average molecular weight is 454 g/mol. The van der Waals surface area contributed by atoms with Gasteiger partial charge in [-0.05, 0) is 47.0 Å². The lowest BCUT2D eigenvalue weighted by Crippen LogP contribution is -2.26. The van der Waals surface area contributed by atoms with Crippen molar-refractivity contribution in [3.05, 3.63) is 93.7 Å². The summed E-state index contributed by atoms with van der Waals surface area (Å²) in [6.45, 7) is 0.325. The number of fused-ring (bicyclic) bond motifs is 1. The Morgan fingerprint density at radius 1 is 1.00 bits per heavy atom. The van der Waals surface area contributed by atoms with E-state index in [1.165, 1.54) is 6.07 Å². The Morgan fingerprint density at radius 2 is 1.77 bits per heavy atom. The molecule has 1 N–H and O–H groups in total. The molecule has 7 heteroatoms. The summed E-state index contributed by atoms with van der Waals surface area (Å²) in [6, 6.07) is 19.3. The zero-order chi connectivity index (χ0) is 22.1. The highest BCUT2D eigenvalue weighted by Gasteiger charge is 2.19. The summed E-state index contributed by atoms with van der Waals surface area (Å²) in [5.41, 5.74) is 3.11. The van der Waals surface area contributed by atoms with Crippen LogP contribution in [0.1, 0.15) is 26.5 Å². The maximum absolute atomic E-state index is 12.9. The molecule has 0 spiro atoms. The quantitative estimate of drug-likeness (QED) is 0.380. The van der Waals surface area contributed by atoms with Crippen molar-refractivity contribution in [2.24, 2.45) is 0 Å². The van der Waals surface area contributed by atoms with Crippen molar-refractivity contribution in [2.45, 2.75) is 6.54 Å². The van der Waals surface area contributed by atoms with Gasteiger partial charge in [0.1, 0.15) is 5.58 Å². The summed E-state index contributed by atoms with van der Waals surface area (Å²) in [4.78, 5) is 25.7. The van der Waals surface area contributed by atoms with Crippen LogP contribution in [0, 0.1) is 0 Å². The monoisotopic (exact) mass is 453 g/mol.